The summed E-state index contributed by atoms with van der Waals surface area (Å²) >= 11 is 2.50. The summed E-state index contributed by atoms with van der Waals surface area (Å²) in [6.45, 7) is 0. The highest BCUT2D eigenvalue weighted by Crippen LogP contribution is 2.27. The van der Waals surface area contributed by atoms with Gasteiger partial charge in [0.15, 0.2) is 11.0 Å². The van der Waals surface area contributed by atoms with Gasteiger partial charge >= 0.3 is 0 Å². The molecule has 0 saturated carbocycles. The second kappa shape index (κ2) is 8.67. The van der Waals surface area contributed by atoms with Crippen molar-refractivity contribution in [1.29, 1.82) is 0 Å². The van der Waals surface area contributed by atoms with E-state index in [0.29, 0.717) is 33.0 Å². The molecule has 0 aliphatic carbocycles. The summed E-state index contributed by atoms with van der Waals surface area (Å²) in [5.74, 6) is -0.330. The molecule has 11 heteroatoms. The first-order valence-corrected chi connectivity index (χ1v) is 10.5. The van der Waals surface area contributed by atoms with Crippen molar-refractivity contribution in [2.24, 2.45) is 7.05 Å². The van der Waals surface area contributed by atoms with Crippen LogP contribution >= 0.6 is 23.1 Å². The van der Waals surface area contributed by atoms with Crippen LogP contribution in [0.1, 0.15) is 14.8 Å². The van der Waals surface area contributed by atoms with Gasteiger partial charge in [-0.1, -0.05) is 35.2 Å². The highest BCUT2D eigenvalue weighted by Gasteiger charge is 2.17. The highest BCUT2D eigenvalue weighted by atomic mass is 32.2. The number of amides is 1. The molecule has 1 N–H and O–H groups in total. The van der Waals surface area contributed by atoms with Crippen LogP contribution in [0.5, 0.6) is 0 Å². The van der Waals surface area contributed by atoms with E-state index in [9.17, 15) is 13.6 Å². The van der Waals surface area contributed by atoms with Crippen LogP contribution in [-0.2, 0) is 12.8 Å². The van der Waals surface area contributed by atoms with Crippen LogP contribution in [0.2, 0.25) is 0 Å². The van der Waals surface area contributed by atoms with Crippen molar-refractivity contribution in [2.45, 2.75) is 10.9 Å². The van der Waals surface area contributed by atoms with Crippen LogP contribution < -0.4 is 5.32 Å². The van der Waals surface area contributed by atoms with E-state index in [1.807, 2.05) is 0 Å². The van der Waals surface area contributed by atoms with Gasteiger partial charge in [0.1, 0.15) is 16.6 Å². The number of thioether (sulfide) groups is 1. The normalized spacial score (nSPS) is 10.9. The maximum atomic E-state index is 14.0. The maximum absolute atomic E-state index is 14.0. The number of nitrogens with one attached hydrogen (secondary N) is 1. The lowest BCUT2D eigenvalue weighted by Crippen LogP contribution is -2.11. The zero-order valence-corrected chi connectivity index (χ0v) is 17.2. The van der Waals surface area contributed by atoms with Gasteiger partial charge in [-0.05, 0) is 36.4 Å². The molecular weight excluding hydrogens is 430 g/mol. The summed E-state index contributed by atoms with van der Waals surface area (Å²) in [6, 6.07) is 11.8. The van der Waals surface area contributed by atoms with Crippen molar-refractivity contribution in [1.82, 2.24) is 25.0 Å². The van der Waals surface area contributed by atoms with Gasteiger partial charge in [-0.3, -0.25) is 4.79 Å². The van der Waals surface area contributed by atoms with E-state index in [1.54, 1.807) is 29.8 Å². The number of halogens is 2. The van der Waals surface area contributed by atoms with Crippen molar-refractivity contribution in [2.75, 3.05) is 5.32 Å². The van der Waals surface area contributed by atoms with E-state index < -0.39 is 5.91 Å². The third-order valence-corrected chi connectivity index (χ3v) is 6.17. The molecule has 0 unspecified atom stereocenters. The fourth-order valence-electron chi connectivity index (χ4n) is 2.57. The molecule has 0 saturated heterocycles. The number of anilines is 1. The predicted molar refractivity (Wildman–Crippen MR) is 110 cm³/mol. The molecule has 0 aliphatic heterocycles. The molecule has 152 valence electrons. The number of carbonyl (C=O) groups is 1. The monoisotopic (exact) mass is 444 g/mol. The number of hydrogen-bond acceptors (Lipinski definition) is 7. The van der Waals surface area contributed by atoms with Crippen molar-refractivity contribution in [3.8, 4) is 11.4 Å². The van der Waals surface area contributed by atoms with Crippen LogP contribution in [0, 0.1) is 11.6 Å². The first-order chi connectivity index (χ1) is 14.5. The molecule has 0 spiro atoms. The van der Waals surface area contributed by atoms with Gasteiger partial charge in [-0.25, -0.2) is 8.78 Å². The van der Waals surface area contributed by atoms with Gasteiger partial charge in [0.05, 0.1) is 11.3 Å². The number of aromatic nitrogens is 5. The molecule has 0 radical (unpaired) electrons. The largest absolute Gasteiger partial charge is 0.320 e. The van der Waals surface area contributed by atoms with Gasteiger partial charge in [0.25, 0.3) is 5.91 Å². The molecule has 1 amide bonds. The minimum atomic E-state index is -0.421. The summed E-state index contributed by atoms with van der Waals surface area (Å²) in [7, 11) is 1.76. The Labute approximate surface area is 178 Å². The van der Waals surface area contributed by atoms with Gasteiger partial charge in [0, 0.05) is 12.7 Å². The number of hydrogen-bond donors (Lipinski definition) is 1. The van der Waals surface area contributed by atoms with Crippen molar-refractivity contribution in [3.05, 3.63) is 70.2 Å². The Bertz CT molecular complexity index is 1190. The molecule has 2 aromatic heterocycles. The molecule has 7 nitrogen and oxygen atoms in total. The van der Waals surface area contributed by atoms with E-state index in [2.05, 4.69) is 25.7 Å². The molecule has 0 bridgehead atoms. The van der Waals surface area contributed by atoms with E-state index >= 15 is 0 Å². The molecule has 2 heterocycles. The summed E-state index contributed by atoms with van der Waals surface area (Å²) in [5.41, 5.74) is 0.835. The molecule has 30 heavy (non-hydrogen) atoms. The van der Waals surface area contributed by atoms with Crippen LogP contribution in [0.15, 0.2) is 53.7 Å². The minimum Gasteiger partial charge on any atom is -0.320 e. The van der Waals surface area contributed by atoms with Crippen LogP contribution in [0.25, 0.3) is 11.4 Å². The van der Waals surface area contributed by atoms with Crippen molar-refractivity contribution in [3.63, 3.8) is 0 Å². The lowest BCUT2D eigenvalue weighted by molar-refractivity contribution is 0.102. The number of nitrogens with zero attached hydrogens (tertiary/aromatic N) is 5. The average Bonchev–Trinajstić information content (AvgIpc) is 3.36. The summed E-state index contributed by atoms with van der Waals surface area (Å²) in [6.07, 6.45) is 0. The van der Waals surface area contributed by atoms with Crippen molar-refractivity contribution >= 4 is 34.7 Å². The zero-order valence-electron chi connectivity index (χ0n) is 15.5. The SMILES string of the molecule is Cn1c(SCc2nnc(C(=O)Nc3ccc(F)cc3)s2)nnc1-c1ccccc1F. The number of rotatable bonds is 6. The Morgan fingerprint density at radius 3 is 2.60 bits per heavy atom. The van der Waals surface area contributed by atoms with E-state index in [4.69, 9.17) is 0 Å². The highest BCUT2D eigenvalue weighted by molar-refractivity contribution is 7.98. The van der Waals surface area contributed by atoms with E-state index in [0.717, 1.165) is 11.3 Å². The fourth-order valence-corrected chi connectivity index (χ4v) is 4.20. The summed E-state index contributed by atoms with van der Waals surface area (Å²) in [5, 5.41) is 20.2. The third kappa shape index (κ3) is 4.36. The second-order valence-corrected chi connectivity index (χ2v) is 8.10. The fraction of sp³-hybridized carbons (Fsp3) is 0.105. The molecule has 0 aliphatic rings. The average molecular weight is 444 g/mol. The first-order valence-electron chi connectivity index (χ1n) is 8.67. The zero-order chi connectivity index (χ0) is 21.1. The molecule has 2 aromatic carbocycles. The van der Waals surface area contributed by atoms with Gasteiger partial charge < -0.3 is 9.88 Å². The number of carbonyl (C=O) groups excluding carboxylic acids is 1. The van der Waals surface area contributed by atoms with Crippen molar-refractivity contribution < 1.29 is 13.6 Å². The van der Waals surface area contributed by atoms with Crippen LogP contribution in [0.3, 0.4) is 0 Å². The van der Waals surface area contributed by atoms with Crippen LogP contribution in [-0.4, -0.2) is 30.9 Å². The maximum Gasteiger partial charge on any atom is 0.286 e. The summed E-state index contributed by atoms with van der Waals surface area (Å²) in [4.78, 5) is 12.3. The summed E-state index contributed by atoms with van der Waals surface area (Å²) < 4.78 is 28.7. The van der Waals surface area contributed by atoms with E-state index in [1.165, 1.54) is 42.1 Å². The van der Waals surface area contributed by atoms with Gasteiger partial charge in [-0.15, -0.1) is 20.4 Å². The standard InChI is InChI=1S/C19H14F2N6OS2/c1-27-16(13-4-2-3-5-14(13)21)24-26-19(27)29-10-15-23-25-18(30-15)17(28)22-12-8-6-11(20)7-9-12/h2-9H,10H2,1H3,(H,22,28). The quantitative estimate of drug-likeness (QED) is 0.450. The Morgan fingerprint density at radius 2 is 1.83 bits per heavy atom. The molecule has 4 rings (SSSR count). The van der Waals surface area contributed by atoms with Crippen LogP contribution in [0.4, 0.5) is 14.5 Å². The number of benzene rings is 2. The third-order valence-electron chi connectivity index (χ3n) is 4.04. The van der Waals surface area contributed by atoms with Gasteiger partial charge in [-0.2, -0.15) is 0 Å². The van der Waals surface area contributed by atoms with E-state index in [-0.39, 0.29) is 16.6 Å². The Hall–Kier alpha value is -3.18. The Balaban J connectivity index is 1.41. The minimum absolute atomic E-state index is 0.194. The lowest BCUT2D eigenvalue weighted by atomic mass is 10.2. The predicted octanol–water partition coefficient (Wildman–Crippen LogP) is 4.16. The lowest BCUT2D eigenvalue weighted by Gasteiger charge is -2.04. The smallest absolute Gasteiger partial charge is 0.286 e. The molecular formula is C19H14F2N6OS2. The van der Waals surface area contributed by atoms with Gasteiger partial charge in [0.2, 0.25) is 5.01 Å². The molecule has 0 fully saturated rings. The first kappa shape index (κ1) is 20.1. The Morgan fingerprint density at radius 1 is 1.07 bits per heavy atom. The molecule has 0 atom stereocenters. The Kier molecular flexibility index (Phi) is 5.81. The molecule has 4 aromatic rings. The second-order valence-electron chi connectivity index (χ2n) is 6.10. The topological polar surface area (TPSA) is 85.6 Å².